The highest BCUT2D eigenvalue weighted by Crippen LogP contribution is 1.83. The van der Waals surface area contributed by atoms with E-state index >= 15 is 0 Å². The van der Waals surface area contributed by atoms with E-state index in [1.807, 2.05) is 21.0 Å². The third-order valence-electron chi connectivity index (χ3n) is 0.689. The summed E-state index contributed by atoms with van der Waals surface area (Å²) < 4.78 is 0. The van der Waals surface area contributed by atoms with Gasteiger partial charge in [-0.2, -0.15) is 9.68 Å². The molecule has 0 fully saturated rings. The van der Waals surface area contributed by atoms with Crippen molar-refractivity contribution >= 4 is 0 Å². The summed E-state index contributed by atoms with van der Waals surface area (Å²) in [6, 6.07) is 0. The van der Waals surface area contributed by atoms with Crippen LogP contribution in [0.5, 0.6) is 0 Å². The van der Waals surface area contributed by atoms with E-state index in [-0.39, 0.29) is 18.3 Å². The van der Waals surface area contributed by atoms with Gasteiger partial charge in [0.05, 0.1) is 6.61 Å². The van der Waals surface area contributed by atoms with Crippen LogP contribution in [0.2, 0.25) is 0 Å². The maximum absolute atomic E-state index is 10.3. The topological polar surface area (TPSA) is 70.8 Å². The number of nitrogens with one attached hydrogen (secondary N) is 1. The van der Waals surface area contributed by atoms with Gasteiger partial charge in [-0.3, -0.25) is 0 Å². The third kappa shape index (κ3) is 18.2. The van der Waals surface area contributed by atoms with Gasteiger partial charge in [0.2, 0.25) is 0 Å². The van der Waals surface area contributed by atoms with Crippen LogP contribution in [0.3, 0.4) is 0 Å². The predicted octanol–water partition coefficient (Wildman–Crippen LogP) is -0.134. The Morgan fingerprint density at radius 3 is 2.15 bits per heavy atom. The lowest BCUT2D eigenvalue weighted by Crippen LogP contribution is -2.13. The van der Waals surface area contributed by atoms with Crippen molar-refractivity contribution in [2.45, 2.75) is 13.3 Å². The first-order valence-electron chi connectivity index (χ1n) is 4.15. The van der Waals surface area contributed by atoms with E-state index in [0.717, 1.165) is 6.42 Å². The van der Waals surface area contributed by atoms with Crippen molar-refractivity contribution in [1.29, 1.82) is 0 Å². The second-order valence-corrected chi connectivity index (χ2v) is 2.11. The van der Waals surface area contributed by atoms with Crippen LogP contribution in [0, 0.1) is 4.91 Å². The number of aliphatic hydroxyl groups excluding tert-OH is 1. The lowest BCUT2D eigenvalue weighted by Gasteiger charge is -1.89. The summed E-state index contributed by atoms with van der Waals surface area (Å²) in [5, 5.41) is 11.0. The first-order chi connectivity index (χ1) is 6.22. The molecule has 0 rings (SSSR count). The second-order valence-electron chi connectivity index (χ2n) is 2.11. The molecule has 0 bridgehead atoms. The normalized spacial score (nSPS) is 8.31. The molecule has 6 heteroatoms. The van der Waals surface area contributed by atoms with Crippen LogP contribution in [-0.4, -0.2) is 44.1 Å². The Labute approximate surface area is 78.3 Å². The zero-order chi connectivity index (χ0) is 10.5. The van der Waals surface area contributed by atoms with Crippen molar-refractivity contribution in [3.63, 3.8) is 0 Å². The molecule has 0 radical (unpaired) electrons. The summed E-state index contributed by atoms with van der Waals surface area (Å²) in [7, 11) is 3.75. The molecule has 0 amide bonds. The Hall–Kier alpha value is -0.880. The maximum atomic E-state index is 10.3. The quantitative estimate of drug-likeness (QED) is 0.577. The monoisotopic (exact) mass is 195 g/mol. The van der Waals surface area contributed by atoms with Crippen molar-refractivity contribution in [2.24, 2.45) is 0 Å². The van der Waals surface area contributed by atoms with Crippen LogP contribution >= 0.6 is 0 Å². The molecule has 80 valence electrons. The standard InChI is InChI=1S/C5H12NO4.C2H7N/c1-2-4-9-6(8)10-5-3-7;1-3-2/h7H,2-5H2,1H3;3H,1-2H3/q+1;. The summed E-state index contributed by atoms with van der Waals surface area (Å²) in [6.45, 7) is 1.98. The average Bonchev–Trinajstić information content (AvgIpc) is 2.12. The van der Waals surface area contributed by atoms with Gasteiger partial charge >= 0.3 is 5.09 Å². The Morgan fingerprint density at radius 2 is 1.77 bits per heavy atom. The van der Waals surface area contributed by atoms with Crippen LogP contribution in [0.4, 0.5) is 0 Å². The van der Waals surface area contributed by atoms with E-state index in [0.29, 0.717) is 6.61 Å². The van der Waals surface area contributed by atoms with E-state index in [4.69, 9.17) is 5.11 Å². The van der Waals surface area contributed by atoms with Gasteiger partial charge < -0.3 is 10.4 Å². The van der Waals surface area contributed by atoms with Crippen LogP contribution < -0.4 is 5.32 Å². The van der Waals surface area contributed by atoms with Crippen LogP contribution in [0.1, 0.15) is 13.3 Å². The van der Waals surface area contributed by atoms with Crippen LogP contribution in [-0.2, 0) is 9.68 Å². The minimum Gasteiger partial charge on any atom is -0.393 e. The summed E-state index contributed by atoms with van der Waals surface area (Å²) >= 11 is 0. The minimum atomic E-state index is -0.186. The van der Waals surface area contributed by atoms with Gasteiger partial charge in [-0.05, 0) is 20.5 Å². The molecule has 0 heterocycles. The fourth-order valence-corrected chi connectivity index (χ4v) is 0.318. The smallest absolute Gasteiger partial charge is 0.393 e. The third-order valence-corrected chi connectivity index (χ3v) is 0.689. The summed E-state index contributed by atoms with van der Waals surface area (Å²) in [5.41, 5.74) is 0. The Balaban J connectivity index is 0. The number of rotatable bonds is 6. The molecule has 0 aromatic rings. The highest BCUT2D eigenvalue weighted by Gasteiger charge is 2.09. The van der Waals surface area contributed by atoms with Gasteiger partial charge in [0, 0.05) is 0 Å². The van der Waals surface area contributed by atoms with E-state index in [1.54, 1.807) is 0 Å². The fourth-order valence-electron chi connectivity index (χ4n) is 0.318. The van der Waals surface area contributed by atoms with Crippen LogP contribution in [0.15, 0.2) is 0 Å². The molecular formula is C7H19N2O4+. The first kappa shape index (κ1) is 14.6. The molecule has 0 unspecified atom stereocenters. The van der Waals surface area contributed by atoms with E-state index in [9.17, 15) is 4.91 Å². The minimum absolute atomic E-state index is 0.0136. The summed E-state index contributed by atoms with van der Waals surface area (Å²) in [4.78, 5) is 19.1. The Bertz CT molecular complexity index is 101. The molecular weight excluding hydrogens is 176 g/mol. The molecule has 0 atom stereocenters. The van der Waals surface area contributed by atoms with Crippen molar-refractivity contribution in [3.05, 3.63) is 4.91 Å². The Morgan fingerprint density at radius 1 is 1.31 bits per heavy atom. The van der Waals surface area contributed by atoms with Crippen LogP contribution in [0.25, 0.3) is 0 Å². The predicted molar refractivity (Wildman–Crippen MR) is 47.9 cm³/mol. The van der Waals surface area contributed by atoms with Gasteiger partial charge in [-0.1, -0.05) is 6.92 Å². The lowest BCUT2D eigenvalue weighted by atomic mass is 10.5. The average molecular weight is 195 g/mol. The zero-order valence-electron chi connectivity index (χ0n) is 8.45. The molecule has 0 aromatic heterocycles. The van der Waals surface area contributed by atoms with E-state index in [1.165, 1.54) is 0 Å². The molecule has 0 aliphatic heterocycles. The first-order valence-corrected chi connectivity index (χ1v) is 4.15. The van der Waals surface area contributed by atoms with Gasteiger partial charge in [-0.15, -0.1) is 0 Å². The SMILES string of the molecule is CCCO[N+](=O)OCCO.CNC. The zero-order valence-corrected chi connectivity index (χ0v) is 8.45. The molecule has 0 aromatic carbocycles. The fraction of sp³-hybridized carbons (Fsp3) is 1.00. The Kier molecular flexibility index (Phi) is 15.4. The molecule has 0 aliphatic carbocycles. The van der Waals surface area contributed by atoms with Gasteiger partial charge in [-0.25, -0.2) is 0 Å². The molecule has 13 heavy (non-hydrogen) atoms. The summed E-state index contributed by atoms with van der Waals surface area (Å²) in [5.74, 6) is 0. The van der Waals surface area contributed by atoms with Gasteiger partial charge in [0.1, 0.15) is 4.91 Å². The lowest BCUT2D eigenvalue weighted by molar-refractivity contribution is -0.981. The molecule has 0 aliphatic rings. The summed E-state index contributed by atoms with van der Waals surface area (Å²) in [6.07, 6.45) is 0.751. The molecule has 6 nitrogen and oxygen atoms in total. The number of hydrogen-bond acceptors (Lipinski definition) is 5. The van der Waals surface area contributed by atoms with Crippen molar-refractivity contribution < 1.29 is 19.9 Å². The highest BCUT2D eigenvalue weighted by molar-refractivity contribution is 4.14. The van der Waals surface area contributed by atoms with Gasteiger partial charge in [0.25, 0.3) is 0 Å². The molecule has 0 spiro atoms. The molecule has 0 saturated heterocycles. The second kappa shape index (κ2) is 13.7. The van der Waals surface area contributed by atoms with Crippen molar-refractivity contribution in [2.75, 3.05) is 33.9 Å². The highest BCUT2D eigenvalue weighted by atomic mass is 17.0. The molecule has 0 saturated carbocycles. The number of nitrogens with zero attached hydrogens (tertiary/aromatic N) is 1. The van der Waals surface area contributed by atoms with E-state index < -0.39 is 0 Å². The largest absolute Gasteiger partial charge is 0.477 e. The van der Waals surface area contributed by atoms with Crippen molar-refractivity contribution in [3.8, 4) is 0 Å². The van der Waals surface area contributed by atoms with E-state index in [2.05, 4.69) is 15.0 Å². The van der Waals surface area contributed by atoms with Gasteiger partial charge in [0.15, 0.2) is 13.2 Å². The number of aliphatic hydroxyl groups is 1. The molecule has 2 N–H and O–H groups in total. The van der Waals surface area contributed by atoms with Crippen molar-refractivity contribution in [1.82, 2.24) is 5.32 Å². The maximum Gasteiger partial charge on any atom is 0.477 e. The number of hydrogen-bond donors (Lipinski definition) is 2.